The van der Waals surface area contributed by atoms with Gasteiger partial charge in [0.1, 0.15) is 5.75 Å². The van der Waals surface area contributed by atoms with Crippen LogP contribution in [0.25, 0.3) is 0 Å². The number of hydrogen-bond donors (Lipinski definition) is 2. The van der Waals surface area contributed by atoms with Crippen LogP contribution >= 0.6 is 23.8 Å². The molecule has 1 heterocycles. The fourth-order valence-corrected chi connectivity index (χ4v) is 2.85. The molecule has 0 saturated carbocycles. The van der Waals surface area contributed by atoms with Crippen LogP contribution in [0.4, 0.5) is 0 Å². The Kier molecular flexibility index (Phi) is 6.73. The van der Waals surface area contributed by atoms with Gasteiger partial charge in [-0.1, -0.05) is 23.7 Å². The van der Waals surface area contributed by atoms with Crippen LogP contribution in [0.5, 0.6) is 17.2 Å². The van der Waals surface area contributed by atoms with E-state index in [1.807, 2.05) is 30.3 Å². The lowest BCUT2D eigenvalue weighted by molar-refractivity contribution is 0.297. The van der Waals surface area contributed by atoms with E-state index in [1.54, 1.807) is 19.4 Å². The topological polar surface area (TPSA) is 64.1 Å². The first-order valence-electron chi connectivity index (χ1n) is 8.44. The number of thiocarbonyl (C=S) groups is 1. The summed E-state index contributed by atoms with van der Waals surface area (Å²) in [7, 11) is 1.64. The summed E-state index contributed by atoms with van der Waals surface area (Å²) in [4.78, 5) is 0. The lowest BCUT2D eigenvalue weighted by Gasteiger charge is -2.10. The highest BCUT2D eigenvalue weighted by Gasteiger charge is 2.15. The predicted molar refractivity (Wildman–Crippen MR) is 110 cm³/mol. The second-order valence-electron chi connectivity index (χ2n) is 5.78. The van der Waals surface area contributed by atoms with Gasteiger partial charge < -0.3 is 19.5 Å². The van der Waals surface area contributed by atoms with Gasteiger partial charge >= 0.3 is 0 Å². The third-order valence-corrected chi connectivity index (χ3v) is 4.33. The van der Waals surface area contributed by atoms with Gasteiger partial charge in [-0.25, -0.2) is 0 Å². The van der Waals surface area contributed by atoms with E-state index in [0.29, 0.717) is 41.4 Å². The zero-order chi connectivity index (χ0) is 19.1. The summed E-state index contributed by atoms with van der Waals surface area (Å²) in [5, 5.41) is 8.14. The monoisotopic (exact) mass is 405 g/mol. The van der Waals surface area contributed by atoms with Crippen molar-refractivity contribution < 1.29 is 14.2 Å². The summed E-state index contributed by atoms with van der Waals surface area (Å²) < 4.78 is 16.4. The quantitative estimate of drug-likeness (QED) is 0.451. The Labute approximate surface area is 168 Å². The third kappa shape index (κ3) is 5.48. The van der Waals surface area contributed by atoms with Crippen LogP contribution in [0.1, 0.15) is 17.5 Å². The fraction of sp³-hybridized carbons (Fsp3) is 0.263. The molecule has 2 N–H and O–H groups in total. The van der Waals surface area contributed by atoms with Gasteiger partial charge in [-0.15, -0.1) is 0 Å². The number of rotatable bonds is 5. The minimum atomic E-state index is 0.419. The van der Waals surface area contributed by atoms with Gasteiger partial charge in [-0.3, -0.25) is 5.43 Å². The lowest BCUT2D eigenvalue weighted by Crippen LogP contribution is -2.31. The van der Waals surface area contributed by atoms with Gasteiger partial charge in [0.2, 0.25) is 0 Å². The maximum absolute atomic E-state index is 6.27. The van der Waals surface area contributed by atoms with Gasteiger partial charge in [0.15, 0.2) is 16.6 Å². The number of nitrogens with one attached hydrogen (secondary N) is 2. The smallest absolute Gasteiger partial charge is 0.187 e. The molecule has 0 aromatic heterocycles. The van der Waals surface area contributed by atoms with E-state index in [-0.39, 0.29) is 0 Å². The molecule has 0 spiro atoms. The van der Waals surface area contributed by atoms with E-state index >= 15 is 0 Å². The molecule has 0 aliphatic carbocycles. The molecule has 142 valence electrons. The number of ether oxygens (including phenoxy) is 3. The maximum atomic E-state index is 6.27. The van der Waals surface area contributed by atoms with Crippen LogP contribution < -0.4 is 25.0 Å². The van der Waals surface area contributed by atoms with Crippen molar-refractivity contribution in [3.63, 3.8) is 0 Å². The zero-order valence-electron chi connectivity index (χ0n) is 14.8. The minimum Gasteiger partial charge on any atom is -0.497 e. The van der Waals surface area contributed by atoms with E-state index in [4.69, 9.17) is 38.0 Å². The number of halogens is 1. The van der Waals surface area contributed by atoms with Crippen LogP contribution in [0, 0.1) is 0 Å². The summed E-state index contributed by atoms with van der Waals surface area (Å²) in [5.41, 5.74) is 4.65. The highest BCUT2D eigenvalue weighted by atomic mass is 35.5. The lowest BCUT2D eigenvalue weighted by atomic mass is 10.2. The van der Waals surface area contributed by atoms with E-state index in [1.165, 1.54) is 0 Å². The predicted octanol–water partition coefficient (Wildman–Crippen LogP) is 3.51. The second-order valence-corrected chi connectivity index (χ2v) is 6.60. The van der Waals surface area contributed by atoms with Crippen LogP contribution in [-0.4, -0.2) is 31.7 Å². The Morgan fingerprint density at radius 1 is 1.26 bits per heavy atom. The first-order valence-corrected chi connectivity index (χ1v) is 9.23. The highest BCUT2D eigenvalue weighted by Crippen LogP contribution is 2.37. The number of benzene rings is 2. The summed E-state index contributed by atoms with van der Waals surface area (Å²) in [6, 6.07) is 11.4. The Morgan fingerprint density at radius 3 is 2.81 bits per heavy atom. The van der Waals surface area contributed by atoms with Crippen molar-refractivity contribution in [3.8, 4) is 17.2 Å². The van der Waals surface area contributed by atoms with Crippen molar-refractivity contribution in [2.24, 2.45) is 5.10 Å². The van der Waals surface area contributed by atoms with Crippen molar-refractivity contribution in [2.75, 3.05) is 20.3 Å². The van der Waals surface area contributed by atoms with Gasteiger partial charge in [-0.2, -0.15) is 5.10 Å². The van der Waals surface area contributed by atoms with Crippen molar-refractivity contribution >= 4 is 35.1 Å². The van der Waals surface area contributed by atoms with E-state index in [9.17, 15) is 0 Å². The standard InChI is InChI=1S/C19H20ClN3O3S/c1-24-15-5-3-13(4-6-15)11-21-19(27)23-22-12-14-9-16(20)18-17(10-14)25-7-2-8-26-18/h3-6,9-10,12H,2,7-8,11H2,1H3,(H2,21,23,27)/b22-12-. The molecule has 2 aromatic rings. The van der Waals surface area contributed by atoms with Crippen molar-refractivity contribution in [1.29, 1.82) is 0 Å². The molecule has 1 aliphatic rings. The Balaban J connectivity index is 1.53. The molecule has 0 atom stereocenters. The molecule has 0 fully saturated rings. The van der Waals surface area contributed by atoms with Crippen LogP contribution in [0.15, 0.2) is 41.5 Å². The number of hydrogen-bond acceptors (Lipinski definition) is 5. The van der Waals surface area contributed by atoms with Gasteiger partial charge in [0.05, 0.1) is 31.6 Å². The van der Waals surface area contributed by atoms with Gasteiger partial charge in [-0.05, 0) is 47.6 Å². The largest absolute Gasteiger partial charge is 0.497 e. The van der Waals surface area contributed by atoms with Gasteiger partial charge in [0.25, 0.3) is 0 Å². The fourth-order valence-electron chi connectivity index (χ4n) is 2.46. The molecule has 8 heteroatoms. The number of hydrazone groups is 1. The molecule has 3 rings (SSSR count). The molecule has 0 amide bonds. The average Bonchev–Trinajstić information content (AvgIpc) is 2.93. The first kappa shape index (κ1) is 19.3. The van der Waals surface area contributed by atoms with Crippen molar-refractivity contribution in [3.05, 3.63) is 52.5 Å². The molecular formula is C19H20ClN3O3S. The van der Waals surface area contributed by atoms with Crippen LogP contribution in [0.2, 0.25) is 5.02 Å². The first-order chi connectivity index (χ1) is 13.2. The minimum absolute atomic E-state index is 0.419. The van der Waals surface area contributed by atoms with E-state index < -0.39 is 0 Å². The average molecular weight is 406 g/mol. The van der Waals surface area contributed by atoms with E-state index in [2.05, 4.69) is 15.8 Å². The Bertz CT molecular complexity index is 828. The maximum Gasteiger partial charge on any atom is 0.187 e. The Hall–Kier alpha value is -2.51. The number of methoxy groups -OCH3 is 1. The summed E-state index contributed by atoms with van der Waals surface area (Å²) >= 11 is 11.5. The normalized spacial score (nSPS) is 13.1. The summed E-state index contributed by atoms with van der Waals surface area (Å²) in [6.45, 7) is 1.78. The molecule has 2 aromatic carbocycles. The van der Waals surface area contributed by atoms with Crippen LogP contribution in [-0.2, 0) is 6.54 Å². The molecule has 0 saturated heterocycles. The van der Waals surface area contributed by atoms with E-state index in [0.717, 1.165) is 23.3 Å². The van der Waals surface area contributed by atoms with Crippen LogP contribution in [0.3, 0.4) is 0 Å². The molecule has 0 unspecified atom stereocenters. The highest BCUT2D eigenvalue weighted by molar-refractivity contribution is 7.80. The zero-order valence-corrected chi connectivity index (χ0v) is 16.4. The number of nitrogens with zero attached hydrogens (tertiary/aromatic N) is 1. The SMILES string of the molecule is COc1ccc(CNC(=S)N/N=C\c2cc(Cl)c3c(c2)OCCCO3)cc1. The summed E-state index contributed by atoms with van der Waals surface area (Å²) in [6.07, 6.45) is 2.45. The molecular weight excluding hydrogens is 386 g/mol. The number of fused-ring (bicyclic) bond motifs is 1. The summed E-state index contributed by atoms with van der Waals surface area (Å²) in [5.74, 6) is 2.02. The third-order valence-electron chi connectivity index (χ3n) is 3.82. The van der Waals surface area contributed by atoms with Gasteiger partial charge in [0, 0.05) is 13.0 Å². The molecule has 0 bridgehead atoms. The molecule has 1 aliphatic heterocycles. The second kappa shape index (κ2) is 9.43. The molecule has 6 nitrogen and oxygen atoms in total. The molecule has 0 radical (unpaired) electrons. The van der Waals surface area contributed by atoms with Crippen molar-refractivity contribution in [2.45, 2.75) is 13.0 Å². The Morgan fingerprint density at radius 2 is 2.04 bits per heavy atom. The van der Waals surface area contributed by atoms with Crippen molar-refractivity contribution in [1.82, 2.24) is 10.7 Å². The molecule has 27 heavy (non-hydrogen) atoms.